The highest BCUT2D eigenvalue weighted by atomic mass is 16.6. The third kappa shape index (κ3) is 3.00. The molecule has 9 nitrogen and oxygen atoms in total. The van der Waals surface area contributed by atoms with Crippen LogP contribution in [0.25, 0.3) is 11.4 Å². The van der Waals surface area contributed by atoms with E-state index in [9.17, 15) is 15.2 Å². The molecule has 122 valence electrons. The molecule has 0 bridgehead atoms. The monoisotopic (exact) mass is 326 g/mol. The number of hydrogen-bond donors (Lipinski definition) is 2. The average molecular weight is 326 g/mol. The van der Waals surface area contributed by atoms with E-state index < -0.39 is 16.4 Å². The molecule has 0 amide bonds. The second-order valence-electron chi connectivity index (χ2n) is 5.19. The van der Waals surface area contributed by atoms with Crippen LogP contribution in [-0.4, -0.2) is 29.8 Å². The van der Waals surface area contributed by atoms with Gasteiger partial charge in [-0.3, -0.25) is 14.8 Å². The van der Waals surface area contributed by atoms with Crippen LogP contribution in [0.5, 0.6) is 5.75 Å². The highest BCUT2D eigenvalue weighted by Gasteiger charge is 2.14. The van der Waals surface area contributed by atoms with Crippen molar-refractivity contribution in [3.05, 3.63) is 52.3 Å². The number of nitrogens with one attached hydrogen (secondary N) is 1. The van der Waals surface area contributed by atoms with E-state index in [1.54, 1.807) is 16.9 Å². The lowest BCUT2D eigenvalue weighted by Gasteiger charge is -2.06. The first-order valence-corrected chi connectivity index (χ1v) is 7.02. The third-order valence-electron chi connectivity index (χ3n) is 3.34. The summed E-state index contributed by atoms with van der Waals surface area (Å²) in [7, 11) is 1.83. The fourth-order valence-corrected chi connectivity index (χ4v) is 2.29. The number of nitro groups is 1. The van der Waals surface area contributed by atoms with Crippen LogP contribution in [0.2, 0.25) is 0 Å². The predicted molar refractivity (Wildman–Crippen MR) is 87.0 cm³/mol. The maximum atomic E-state index is 10.9. The van der Waals surface area contributed by atoms with Crippen molar-refractivity contribution in [1.29, 1.82) is 0 Å². The minimum atomic E-state index is -0.658. The lowest BCUT2D eigenvalue weighted by Crippen LogP contribution is -1.99. The average Bonchev–Trinajstić information content (AvgIpc) is 2.88. The van der Waals surface area contributed by atoms with Crippen molar-refractivity contribution < 1.29 is 10.0 Å². The Bertz CT molecular complexity index is 921. The summed E-state index contributed by atoms with van der Waals surface area (Å²) in [5, 5.41) is 27.6. The minimum absolute atomic E-state index is 0.276. The van der Waals surface area contributed by atoms with Gasteiger partial charge in [-0.1, -0.05) is 0 Å². The Morgan fingerprint density at radius 1 is 1.33 bits per heavy atom. The molecule has 24 heavy (non-hydrogen) atoms. The van der Waals surface area contributed by atoms with Gasteiger partial charge >= 0.3 is 5.69 Å². The number of rotatable bonds is 4. The van der Waals surface area contributed by atoms with Gasteiger partial charge in [-0.15, -0.1) is 0 Å². The normalized spacial score (nSPS) is 10.6. The maximum absolute atomic E-state index is 10.9. The van der Waals surface area contributed by atoms with E-state index in [1.807, 2.05) is 20.2 Å². The number of hydrogen-bond acceptors (Lipinski definition) is 7. The van der Waals surface area contributed by atoms with Crippen molar-refractivity contribution in [2.75, 3.05) is 5.32 Å². The zero-order valence-corrected chi connectivity index (χ0v) is 13.0. The van der Waals surface area contributed by atoms with Gasteiger partial charge in [0.1, 0.15) is 5.69 Å². The first kappa shape index (κ1) is 15.4. The molecule has 0 aliphatic carbocycles. The fourth-order valence-electron chi connectivity index (χ4n) is 2.29. The summed E-state index contributed by atoms with van der Waals surface area (Å²) in [5.41, 5.74) is 2.35. The lowest BCUT2D eigenvalue weighted by atomic mass is 10.2. The third-order valence-corrected chi connectivity index (χ3v) is 3.34. The molecule has 9 heteroatoms. The van der Waals surface area contributed by atoms with Gasteiger partial charge in [0.2, 0.25) is 5.95 Å². The number of nitrogens with zero attached hydrogens (tertiary/aromatic N) is 5. The zero-order valence-electron chi connectivity index (χ0n) is 13.0. The Morgan fingerprint density at radius 2 is 2.12 bits per heavy atom. The van der Waals surface area contributed by atoms with Gasteiger partial charge in [0, 0.05) is 31.2 Å². The molecule has 2 aromatic heterocycles. The summed E-state index contributed by atoms with van der Waals surface area (Å²) in [6.45, 7) is 1.93. The van der Waals surface area contributed by atoms with Crippen LogP contribution in [0.3, 0.4) is 0 Å². The Balaban J connectivity index is 1.92. The Morgan fingerprint density at radius 3 is 2.79 bits per heavy atom. The van der Waals surface area contributed by atoms with Crippen molar-refractivity contribution in [3.63, 3.8) is 0 Å². The summed E-state index contributed by atoms with van der Waals surface area (Å²) in [6.07, 6.45) is 3.46. The SMILES string of the molecule is Cc1cn(C)nc1-c1ccnc(Nc2ccc(O)c([N+](=O)[O-])c2)n1. The molecule has 3 rings (SSSR count). The van der Waals surface area contributed by atoms with Crippen LogP contribution in [-0.2, 0) is 7.05 Å². The Labute approximate surface area is 136 Å². The number of benzene rings is 1. The van der Waals surface area contributed by atoms with Gasteiger partial charge in [0.15, 0.2) is 5.75 Å². The number of aromatic nitrogens is 4. The van der Waals surface area contributed by atoms with Gasteiger partial charge in [0.25, 0.3) is 0 Å². The van der Waals surface area contributed by atoms with E-state index in [0.717, 1.165) is 11.3 Å². The molecule has 0 fully saturated rings. The molecule has 3 aromatic rings. The maximum Gasteiger partial charge on any atom is 0.312 e. The van der Waals surface area contributed by atoms with Crippen LogP contribution >= 0.6 is 0 Å². The summed E-state index contributed by atoms with van der Waals surface area (Å²) >= 11 is 0. The molecule has 2 heterocycles. The van der Waals surface area contributed by atoms with Crippen molar-refractivity contribution in [3.8, 4) is 17.1 Å². The van der Waals surface area contributed by atoms with E-state index in [2.05, 4.69) is 20.4 Å². The number of aryl methyl sites for hydroxylation is 2. The van der Waals surface area contributed by atoms with Crippen LogP contribution in [0.15, 0.2) is 36.7 Å². The standard InChI is InChI=1S/C15H14N6O3/c1-9-8-20(2)19-14(9)11-5-6-16-15(18-11)17-10-3-4-13(22)12(7-10)21(23)24/h3-8,22H,1-2H3,(H,16,17,18). The topological polar surface area (TPSA) is 119 Å². The second kappa shape index (κ2) is 5.95. The first-order chi connectivity index (χ1) is 11.4. The van der Waals surface area contributed by atoms with Gasteiger partial charge < -0.3 is 10.4 Å². The Hall–Kier alpha value is -3.49. The van der Waals surface area contributed by atoms with Crippen LogP contribution < -0.4 is 5.32 Å². The highest BCUT2D eigenvalue weighted by molar-refractivity contribution is 5.64. The van der Waals surface area contributed by atoms with Gasteiger partial charge in [0.05, 0.1) is 10.6 Å². The highest BCUT2D eigenvalue weighted by Crippen LogP contribution is 2.29. The number of nitro benzene ring substituents is 1. The van der Waals surface area contributed by atoms with E-state index >= 15 is 0 Å². The molecule has 0 spiro atoms. The number of aromatic hydroxyl groups is 1. The van der Waals surface area contributed by atoms with Crippen molar-refractivity contribution in [2.24, 2.45) is 7.05 Å². The summed E-state index contributed by atoms with van der Waals surface area (Å²) in [4.78, 5) is 18.7. The zero-order chi connectivity index (χ0) is 17.3. The number of anilines is 2. The van der Waals surface area contributed by atoms with Crippen molar-refractivity contribution in [2.45, 2.75) is 6.92 Å². The molecule has 0 aliphatic heterocycles. The van der Waals surface area contributed by atoms with E-state index in [1.165, 1.54) is 18.2 Å². The molecule has 0 aliphatic rings. The molecule has 0 saturated heterocycles. The molecule has 0 atom stereocenters. The van der Waals surface area contributed by atoms with Crippen molar-refractivity contribution in [1.82, 2.24) is 19.7 Å². The molecule has 0 radical (unpaired) electrons. The first-order valence-electron chi connectivity index (χ1n) is 7.02. The van der Waals surface area contributed by atoms with Crippen molar-refractivity contribution >= 4 is 17.3 Å². The molecular formula is C15H14N6O3. The fraction of sp³-hybridized carbons (Fsp3) is 0.133. The molecule has 1 aromatic carbocycles. The largest absolute Gasteiger partial charge is 0.502 e. The lowest BCUT2D eigenvalue weighted by molar-refractivity contribution is -0.385. The molecular weight excluding hydrogens is 312 g/mol. The quantitative estimate of drug-likeness (QED) is 0.429. The van der Waals surface area contributed by atoms with E-state index in [-0.39, 0.29) is 5.95 Å². The number of phenols is 1. The second-order valence-corrected chi connectivity index (χ2v) is 5.19. The summed E-state index contributed by atoms with van der Waals surface area (Å²) < 4.78 is 1.70. The molecule has 0 saturated carbocycles. The summed E-state index contributed by atoms with van der Waals surface area (Å²) in [6, 6.07) is 5.70. The van der Waals surface area contributed by atoms with Crippen LogP contribution in [0, 0.1) is 17.0 Å². The molecule has 2 N–H and O–H groups in total. The smallest absolute Gasteiger partial charge is 0.312 e. The van der Waals surface area contributed by atoms with E-state index in [0.29, 0.717) is 11.4 Å². The van der Waals surface area contributed by atoms with Crippen LogP contribution in [0.1, 0.15) is 5.56 Å². The minimum Gasteiger partial charge on any atom is -0.502 e. The summed E-state index contributed by atoms with van der Waals surface area (Å²) in [5.74, 6) is -0.123. The van der Waals surface area contributed by atoms with Gasteiger partial charge in [-0.05, 0) is 30.7 Å². The van der Waals surface area contributed by atoms with Gasteiger partial charge in [-0.25, -0.2) is 9.97 Å². The van der Waals surface area contributed by atoms with Crippen LogP contribution in [0.4, 0.5) is 17.3 Å². The van der Waals surface area contributed by atoms with E-state index in [4.69, 9.17) is 0 Å². The van der Waals surface area contributed by atoms with Gasteiger partial charge in [-0.2, -0.15) is 5.10 Å². The molecule has 0 unspecified atom stereocenters. The number of phenolic OH excluding ortho intramolecular Hbond substituents is 1. The Kier molecular flexibility index (Phi) is 3.82. The predicted octanol–water partition coefficient (Wildman–Crippen LogP) is 2.54.